The second kappa shape index (κ2) is 10.0. The lowest BCUT2D eigenvalue weighted by molar-refractivity contribution is -0.192. The highest BCUT2D eigenvalue weighted by atomic mass is 32.1. The number of carboxylic acid groups (broad SMARTS) is 1. The van der Waals surface area contributed by atoms with E-state index >= 15 is 0 Å². The van der Waals surface area contributed by atoms with Gasteiger partial charge in [-0.2, -0.15) is 18.3 Å². The molecule has 4 heterocycles. The molecule has 5 rings (SSSR count). The molecule has 12 heteroatoms. The maximum absolute atomic E-state index is 12.8. The normalized spacial score (nSPS) is 19.2. The van der Waals surface area contributed by atoms with Crippen LogP contribution in [-0.4, -0.2) is 49.6 Å². The van der Waals surface area contributed by atoms with E-state index in [2.05, 4.69) is 29.1 Å². The summed E-state index contributed by atoms with van der Waals surface area (Å²) in [7, 11) is 0. The van der Waals surface area contributed by atoms with E-state index in [1.165, 1.54) is 14.4 Å². The Kier molecular flexibility index (Phi) is 7.19. The van der Waals surface area contributed by atoms with Crippen molar-refractivity contribution in [2.45, 2.75) is 45.6 Å². The average molecular weight is 523 g/mol. The fraction of sp³-hybridized carbons (Fsp3) is 0.417. The lowest BCUT2D eigenvalue weighted by Crippen LogP contribution is -2.43. The monoisotopic (exact) mass is 522 g/mol. The minimum Gasteiger partial charge on any atom is -0.475 e. The van der Waals surface area contributed by atoms with Crippen molar-refractivity contribution in [3.63, 3.8) is 0 Å². The zero-order chi connectivity index (χ0) is 26.1. The molecule has 1 saturated heterocycles. The van der Waals surface area contributed by atoms with Crippen LogP contribution in [0.25, 0.3) is 0 Å². The highest BCUT2D eigenvalue weighted by Crippen LogP contribution is 2.39. The van der Waals surface area contributed by atoms with Gasteiger partial charge in [0.05, 0.1) is 6.54 Å². The van der Waals surface area contributed by atoms with Gasteiger partial charge in [-0.15, -0.1) is 11.3 Å². The van der Waals surface area contributed by atoms with Crippen molar-refractivity contribution in [2.75, 3.05) is 13.1 Å². The summed E-state index contributed by atoms with van der Waals surface area (Å²) in [5.74, 6) is -2.01. The molecule has 2 aliphatic rings. The summed E-state index contributed by atoms with van der Waals surface area (Å²) in [6.07, 6.45) is -3.29. The smallest absolute Gasteiger partial charge is 0.475 e. The molecular weight excluding hydrogens is 497 g/mol. The molecule has 36 heavy (non-hydrogen) atoms. The van der Waals surface area contributed by atoms with Crippen LogP contribution in [0.4, 0.5) is 13.2 Å². The summed E-state index contributed by atoms with van der Waals surface area (Å²) < 4.78 is 34.7. The van der Waals surface area contributed by atoms with Gasteiger partial charge in [0.2, 0.25) is 0 Å². The zero-order valence-corrected chi connectivity index (χ0v) is 20.3. The van der Waals surface area contributed by atoms with Gasteiger partial charge in [0.15, 0.2) is 0 Å². The van der Waals surface area contributed by atoms with Gasteiger partial charge in [-0.05, 0) is 37.6 Å². The number of nitrogens with zero attached hydrogens (tertiary/aromatic N) is 4. The molecule has 3 aromatic rings. The standard InChI is InChI=1S/C22H24N4O2S.C2HF3O2/c1-16-7-8-18(29-16)13-24-10-9-22(14-24)11-19-23-26(12-17-5-3-2-4-6-17)21(28)20(27)25(19)15-22;3-2(4,5)1(6)7/h2-8H,9-15H2,1H3;(H,6,7). The SMILES string of the molecule is Cc1ccc(CN2CCC3(Cc4nn(Cc5ccccc5)c(=O)c(=O)n4C3)C2)s1.O=C(O)C(F)(F)F. The van der Waals surface area contributed by atoms with E-state index in [-0.39, 0.29) is 5.41 Å². The second-order valence-corrected chi connectivity index (χ2v) is 10.6. The summed E-state index contributed by atoms with van der Waals surface area (Å²) >= 11 is 1.85. The Bertz CT molecular complexity index is 1370. The van der Waals surface area contributed by atoms with Crippen LogP contribution in [0.3, 0.4) is 0 Å². The number of rotatable bonds is 4. The number of carboxylic acids is 1. The van der Waals surface area contributed by atoms with Crippen molar-refractivity contribution < 1.29 is 23.1 Å². The Balaban J connectivity index is 0.000000384. The first-order valence-corrected chi connectivity index (χ1v) is 12.1. The Morgan fingerprint density at radius 3 is 2.39 bits per heavy atom. The number of benzene rings is 1. The molecule has 8 nitrogen and oxygen atoms in total. The van der Waals surface area contributed by atoms with E-state index in [4.69, 9.17) is 9.90 Å². The van der Waals surface area contributed by atoms with Crippen LogP contribution >= 0.6 is 11.3 Å². The van der Waals surface area contributed by atoms with Gasteiger partial charge in [-0.25, -0.2) is 9.48 Å². The third kappa shape index (κ3) is 5.76. The third-order valence-electron chi connectivity index (χ3n) is 6.35. The molecule has 1 spiro atoms. The van der Waals surface area contributed by atoms with Crippen molar-refractivity contribution in [3.8, 4) is 0 Å². The van der Waals surface area contributed by atoms with E-state index in [0.29, 0.717) is 13.1 Å². The van der Waals surface area contributed by atoms with E-state index < -0.39 is 23.3 Å². The lowest BCUT2D eigenvalue weighted by Gasteiger charge is -2.22. The number of halogens is 3. The van der Waals surface area contributed by atoms with Gasteiger partial charge >= 0.3 is 23.3 Å². The minimum absolute atomic E-state index is 0.0177. The Labute approximate surface area is 208 Å². The fourth-order valence-electron chi connectivity index (χ4n) is 4.69. The number of carbonyl (C=O) groups is 1. The van der Waals surface area contributed by atoms with Gasteiger partial charge in [0, 0.05) is 41.2 Å². The number of aliphatic carboxylic acids is 1. The molecule has 1 unspecified atom stereocenters. The van der Waals surface area contributed by atoms with Crippen LogP contribution in [0.5, 0.6) is 0 Å². The topological polar surface area (TPSA) is 97.4 Å². The van der Waals surface area contributed by atoms with Crippen LogP contribution in [0.1, 0.15) is 27.6 Å². The number of aryl methyl sites for hydroxylation is 1. The van der Waals surface area contributed by atoms with Crippen molar-refractivity contribution in [2.24, 2.45) is 5.41 Å². The van der Waals surface area contributed by atoms with Crippen molar-refractivity contribution in [1.82, 2.24) is 19.2 Å². The lowest BCUT2D eigenvalue weighted by atomic mass is 9.86. The summed E-state index contributed by atoms with van der Waals surface area (Å²) in [4.78, 5) is 39.5. The average Bonchev–Trinajstić information content (AvgIpc) is 3.51. The van der Waals surface area contributed by atoms with Gasteiger partial charge < -0.3 is 5.11 Å². The minimum atomic E-state index is -5.08. The zero-order valence-electron chi connectivity index (χ0n) is 19.5. The van der Waals surface area contributed by atoms with Crippen LogP contribution in [0.2, 0.25) is 0 Å². The summed E-state index contributed by atoms with van der Waals surface area (Å²) in [5, 5.41) is 11.7. The van der Waals surface area contributed by atoms with Crippen LogP contribution in [0.15, 0.2) is 52.1 Å². The Morgan fingerprint density at radius 1 is 1.08 bits per heavy atom. The molecule has 0 bridgehead atoms. The number of fused-ring (bicyclic) bond motifs is 1. The predicted molar refractivity (Wildman–Crippen MR) is 127 cm³/mol. The van der Waals surface area contributed by atoms with Crippen LogP contribution in [0, 0.1) is 12.3 Å². The maximum atomic E-state index is 12.8. The quantitative estimate of drug-likeness (QED) is 0.530. The molecular formula is C24H25F3N4O4S. The van der Waals surface area contributed by atoms with Crippen molar-refractivity contribution >= 4 is 17.3 Å². The van der Waals surface area contributed by atoms with Crippen LogP contribution < -0.4 is 11.1 Å². The largest absolute Gasteiger partial charge is 0.490 e. The molecule has 1 fully saturated rings. The van der Waals surface area contributed by atoms with Gasteiger partial charge in [-0.3, -0.25) is 19.1 Å². The highest BCUT2D eigenvalue weighted by molar-refractivity contribution is 7.11. The maximum Gasteiger partial charge on any atom is 0.490 e. The summed E-state index contributed by atoms with van der Waals surface area (Å²) in [6.45, 7) is 6.00. The van der Waals surface area contributed by atoms with Gasteiger partial charge in [0.25, 0.3) is 0 Å². The van der Waals surface area contributed by atoms with Gasteiger partial charge in [-0.1, -0.05) is 30.3 Å². The fourth-order valence-corrected chi connectivity index (χ4v) is 5.63. The number of aromatic nitrogens is 3. The Hall–Kier alpha value is -3.25. The molecule has 0 radical (unpaired) electrons. The first kappa shape index (κ1) is 25.8. The molecule has 0 aliphatic carbocycles. The number of thiophene rings is 1. The Morgan fingerprint density at radius 2 is 1.78 bits per heavy atom. The summed E-state index contributed by atoms with van der Waals surface area (Å²) in [6, 6.07) is 14.1. The van der Waals surface area contributed by atoms with Crippen molar-refractivity contribution in [1.29, 1.82) is 0 Å². The first-order valence-electron chi connectivity index (χ1n) is 11.3. The molecule has 0 saturated carbocycles. The molecule has 1 N–H and O–H groups in total. The summed E-state index contributed by atoms with van der Waals surface area (Å²) in [5.41, 5.74) is 0.0234. The molecule has 2 aliphatic heterocycles. The number of alkyl halides is 3. The van der Waals surface area contributed by atoms with Crippen LogP contribution in [-0.2, 0) is 30.8 Å². The number of hydrogen-bond donors (Lipinski definition) is 1. The van der Waals surface area contributed by atoms with Crippen molar-refractivity contribution in [3.05, 3.63) is 84.3 Å². The molecule has 192 valence electrons. The molecule has 0 amide bonds. The number of likely N-dealkylation sites (tertiary alicyclic amines) is 1. The third-order valence-corrected chi connectivity index (χ3v) is 7.33. The number of hydrogen-bond acceptors (Lipinski definition) is 6. The second-order valence-electron chi connectivity index (χ2n) is 9.21. The van der Waals surface area contributed by atoms with E-state index in [0.717, 1.165) is 43.9 Å². The first-order chi connectivity index (χ1) is 17.0. The predicted octanol–water partition coefficient (Wildman–Crippen LogP) is 2.90. The van der Waals surface area contributed by atoms with E-state index in [1.54, 1.807) is 4.57 Å². The van der Waals surface area contributed by atoms with Gasteiger partial charge in [0.1, 0.15) is 5.82 Å². The highest BCUT2D eigenvalue weighted by Gasteiger charge is 2.44. The van der Waals surface area contributed by atoms with E-state index in [1.807, 2.05) is 41.7 Å². The van der Waals surface area contributed by atoms with E-state index in [9.17, 15) is 22.8 Å². The molecule has 1 aromatic carbocycles. The molecule has 2 aromatic heterocycles. The molecule has 1 atom stereocenters.